The van der Waals surface area contributed by atoms with Crippen molar-refractivity contribution in [3.05, 3.63) is 50.1 Å². The number of nitro groups is 1. The second-order valence-electron chi connectivity index (χ2n) is 5.74. The van der Waals surface area contributed by atoms with Gasteiger partial charge in [-0.25, -0.2) is 8.42 Å². The number of aryl methyl sites for hydroxylation is 1. The van der Waals surface area contributed by atoms with Crippen molar-refractivity contribution in [1.82, 2.24) is 4.57 Å². The van der Waals surface area contributed by atoms with Crippen molar-refractivity contribution in [3.8, 4) is 0 Å². The van der Waals surface area contributed by atoms with E-state index in [0.717, 1.165) is 28.9 Å². The Bertz CT molecular complexity index is 1240. The number of thioether (sulfide) groups is 1. The van der Waals surface area contributed by atoms with Crippen LogP contribution in [0.15, 0.2) is 40.2 Å². The minimum Gasteiger partial charge on any atom is -0.316 e. The summed E-state index contributed by atoms with van der Waals surface area (Å²) in [7, 11) is -3.35. The zero-order chi connectivity index (χ0) is 20.5. The van der Waals surface area contributed by atoms with Gasteiger partial charge in [0, 0.05) is 24.6 Å². The van der Waals surface area contributed by atoms with Crippen LogP contribution in [-0.2, 0) is 16.4 Å². The van der Waals surface area contributed by atoms with Crippen LogP contribution >= 0.6 is 34.4 Å². The Morgan fingerprint density at radius 1 is 1.29 bits per heavy atom. The third-order valence-corrected chi connectivity index (χ3v) is 7.55. The van der Waals surface area contributed by atoms with E-state index >= 15 is 0 Å². The molecule has 0 fully saturated rings. The third-order valence-electron chi connectivity index (χ3n) is 3.78. The topological polar surface area (TPSA) is 112 Å². The van der Waals surface area contributed by atoms with E-state index in [1.165, 1.54) is 29.5 Å². The summed E-state index contributed by atoms with van der Waals surface area (Å²) in [5, 5.41) is 10.7. The molecule has 0 N–H and O–H groups in total. The quantitative estimate of drug-likeness (QED) is 0.415. The van der Waals surface area contributed by atoms with Crippen LogP contribution in [0.4, 0.5) is 5.00 Å². The summed E-state index contributed by atoms with van der Waals surface area (Å²) >= 11 is 3.62. The molecule has 2 heterocycles. The van der Waals surface area contributed by atoms with E-state index in [9.17, 15) is 23.3 Å². The minimum absolute atomic E-state index is 0.122. The highest BCUT2D eigenvalue weighted by molar-refractivity contribution is 7.98. The molecule has 28 heavy (non-hydrogen) atoms. The molecule has 3 rings (SSSR count). The Labute approximate surface area is 172 Å². The number of benzene rings is 1. The lowest BCUT2D eigenvalue weighted by Crippen LogP contribution is -2.18. The molecule has 0 unspecified atom stereocenters. The summed E-state index contributed by atoms with van der Waals surface area (Å²) < 4.78 is 26.2. The van der Waals surface area contributed by atoms with Crippen molar-refractivity contribution >= 4 is 65.4 Å². The van der Waals surface area contributed by atoms with E-state index in [-0.39, 0.29) is 14.8 Å². The molecule has 1 aromatic carbocycles. The van der Waals surface area contributed by atoms with Crippen molar-refractivity contribution < 1.29 is 18.1 Å². The van der Waals surface area contributed by atoms with Gasteiger partial charge in [-0.15, -0.1) is 0 Å². The molecule has 0 saturated heterocycles. The number of sulfone groups is 1. The number of rotatable bonds is 6. The molecule has 148 valence electrons. The first-order chi connectivity index (χ1) is 13.2. The summed E-state index contributed by atoms with van der Waals surface area (Å²) in [6.07, 6.45) is 3.10. The van der Waals surface area contributed by atoms with Gasteiger partial charge in [-0.3, -0.25) is 14.9 Å². The Kier molecular flexibility index (Phi) is 6.03. The Balaban J connectivity index is 2.12. The van der Waals surface area contributed by atoms with Crippen molar-refractivity contribution in [1.29, 1.82) is 0 Å². The van der Waals surface area contributed by atoms with Gasteiger partial charge in [-0.1, -0.05) is 22.7 Å². The first kappa shape index (κ1) is 20.7. The zero-order valence-electron chi connectivity index (χ0n) is 14.8. The second kappa shape index (κ2) is 8.15. The number of amides is 1. The Hall–Kier alpha value is -2.02. The van der Waals surface area contributed by atoms with Crippen LogP contribution in [0.5, 0.6) is 0 Å². The smallest absolute Gasteiger partial charge is 0.316 e. The summed E-state index contributed by atoms with van der Waals surface area (Å²) in [4.78, 5) is 27.7. The van der Waals surface area contributed by atoms with Crippen LogP contribution in [0.1, 0.15) is 9.67 Å². The molecule has 0 aliphatic rings. The number of nitrogens with zero attached hydrogens (tertiary/aromatic N) is 3. The number of thiophene rings is 1. The molecule has 3 aromatic rings. The van der Waals surface area contributed by atoms with Gasteiger partial charge in [0.05, 0.1) is 20.0 Å². The SMILES string of the molecule is CSCCn1c(=NC(=O)c2ccc([N+](=O)[O-])s2)sc2cc(S(C)(=O)=O)ccc21. The van der Waals surface area contributed by atoms with Crippen molar-refractivity contribution in [2.24, 2.45) is 4.99 Å². The van der Waals surface area contributed by atoms with E-state index in [2.05, 4.69) is 4.99 Å². The monoisotopic (exact) mass is 457 g/mol. The van der Waals surface area contributed by atoms with E-state index in [1.54, 1.807) is 23.9 Å². The van der Waals surface area contributed by atoms with Crippen LogP contribution in [0, 0.1) is 10.1 Å². The maximum atomic E-state index is 12.5. The van der Waals surface area contributed by atoms with E-state index in [1.807, 2.05) is 10.8 Å². The van der Waals surface area contributed by atoms with Crippen LogP contribution in [-0.4, -0.2) is 42.1 Å². The molecular weight excluding hydrogens is 442 g/mol. The average Bonchev–Trinajstić information content (AvgIpc) is 3.24. The standard InChI is InChI=1S/C16H15N3O5S4/c1-25-8-7-18-11-4-3-10(28(2,23)24)9-13(11)27-16(18)17-15(20)12-5-6-14(26-12)19(21)22/h3-6,9H,7-8H2,1-2H3. The molecular formula is C16H15N3O5S4. The van der Waals surface area contributed by atoms with Gasteiger partial charge < -0.3 is 4.57 Å². The normalized spacial score (nSPS) is 12.6. The molecule has 0 aliphatic carbocycles. The lowest BCUT2D eigenvalue weighted by atomic mass is 10.3. The minimum atomic E-state index is -3.35. The fourth-order valence-electron chi connectivity index (χ4n) is 2.45. The molecule has 8 nitrogen and oxygen atoms in total. The molecule has 0 bridgehead atoms. The van der Waals surface area contributed by atoms with Gasteiger partial charge in [-0.05, 0) is 30.5 Å². The molecule has 1 amide bonds. The van der Waals surface area contributed by atoms with Gasteiger partial charge in [0.1, 0.15) is 4.88 Å². The summed E-state index contributed by atoms with van der Waals surface area (Å²) in [6.45, 7) is 0.593. The van der Waals surface area contributed by atoms with Gasteiger partial charge in [0.15, 0.2) is 14.6 Å². The predicted molar refractivity (Wildman–Crippen MR) is 112 cm³/mol. The van der Waals surface area contributed by atoms with Crippen molar-refractivity contribution in [3.63, 3.8) is 0 Å². The molecule has 2 aromatic heterocycles. The first-order valence-corrected chi connectivity index (χ1v) is 12.8. The largest absolute Gasteiger partial charge is 0.324 e. The molecule has 0 saturated carbocycles. The van der Waals surface area contributed by atoms with Crippen molar-refractivity contribution in [2.75, 3.05) is 18.3 Å². The van der Waals surface area contributed by atoms with Gasteiger partial charge in [0.2, 0.25) is 0 Å². The highest BCUT2D eigenvalue weighted by Crippen LogP contribution is 2.25. The summed E-state index contributed by atoms with van der Waals surface area (Å²) in [5.41, 5.74) is 0.787. The molecule has 0 radical (unpaired) electrons. The zero-order valence-corrected chi connectivity index (χ0v) is 18.1. The number of hydrogen-bond donors (Lipinski definition) is 0. The van der Waals surface area contributed by atoms with E-state index in [0.29, 0.717) is 16.0 Å². The predicted octanol–water partition coefficient (Wildman–Crippen LogP) is 3.18. The number of fused-ring (bicyclic) bond motifs is 1. The third kappa shape index (κ3) is 4.35. The Morgan fingerprint density at radius 3 is 2.64 bits per heavy atom. The second-order valence-corrected chi connectivity index (χ2v) is 10.8. The molecule has 0 aliphatic heterocycles. The average molecular weight is 458 g/mol. The molecule has 0 atom stereocenters. The number of thiazole rings is 1. The van der Waals surface area contributed by atoms with E-state index in [4.69, 9.17) is 0 Å². The van der Waals surface area contributed by atoms with Gasteiger partial charge >= 0.3 is 5.00 Å². The number of carbonyl (C=O) groups is 1. The number of aromatic nitrogens is 1. The highest BCUT2D eigenvalue weighted by Gasteiger charge is 2.16. The molecule has 12 heteroatoms. The van der Waals surface area contributed by atoms with Crippen LogP contribution in [0.25, 0.3) is 10.2 Å². The van der Waals surface area contributed by atoms with E-state index < -0.39 is 20.7 Å². The maximum absolute atomic E-state index is 12.5. The lowest BCUT2D eigenvalue weighted by molar-refractivity contribution is -0.380. The highest BCUT2D eigenvalue weighted by atomic mass is 32.2. The fourth-order valence-corrected chi connectivity index (χ4v) is 5.34. The van der Waals surface area contributed by atoms with Gasteiger partial charge in [0.25, 0.3) is 5.91 Å². The number of hydrogen-bond acceptors (Lipinski definition) is 8. The first-order valence-electron chi connectivity index (χ1n) is 7.86. The number of carbonyl (C=O) groups excluding carboxylic acids is 1. The maximum Gasteiger partial charge on any atom is 0.324 e. The lowest BCUT2D eigenvalue weighted by Gasteiger charge is -2.04. The van der Waals surface area contributed by atoms with Crippen LogP contribution in [0.3, 0.4) is 0 Å². The fraction of sp³-hybridized carbons (Fsp3) is 0.250. The van der Waals surface area contributed by atoms with Crippen LogP contribution in [0.2, 0.25) is 0 Å². The van der Waals surface area contributed by atoms with Crippen molar-refractivity contribution in [2.45, 2.75) is 11.4 Å². The summed E-state index contributed by atoms with van der Waals surface area (Å²) in [5.74, 6) is 0.219. The van der Waals surface area contributed by atoms with Gasteiger partial charge in [-0.2, -0.15) is 16.8 Å². The summed E-state index contributed by atoms with van der Waals surface area (Å²) in [6, 6.07) is 7.48. The van der Waals surface area contributed by atoms with Crippen LogP contribution < -0.4 is 4.80 Å². The Morgan fingerprint density at radius 2 is 2.04 bits per heavy atom. The molecule has 0 spiro atoms.